The Balaban J connectivity index is 1.64. The third-order valence-corrected chi connectivity index (χ3v) is 12.0. The van der Waals surface area contributed by atoms with Crippen molar-refractivity contribution in [2.45, 2.75) is 86.2 Å². The monoisotopic (exact) mass is 606 g/mol. The largest absolute Gasteiger partial charge is 0.469 e. The molecule has 8 nitrogen and oxygen atoms in total. The van der Waals surface area contributed by atoms with Gasteiger partial charge in [-0.15, -0.1) is 0 Å². The van der Waals surface area contributed by atoms with Crippen LogP contribution >= 0.6 is 0 Å². The molecule has 0 unspecified atom stereocenters. The smallest absolute Gasteiger partial charge is 0.397 e. The van der Waals surface area contributed by atoms with Crippen LogP contribution in [0, 0.1) is 12.8 Å². The van der Waals surface area contributed by atoms with Gasteiger partial charge in [0.1, 0.15) is 10.8 Å². The summed E-state index contributed by atoms with van der Waals surface area (Å²) >= 11 is 0. The summed E-state index contributed by atoms with van der Waals surface area (Å²) in [7, 11) is -3.00. The molecule has 0 aromatic heterocycles. The molecular formula is C30H33F3N2O6S. The molecule has 0 spiro atoms. The molecule has 2 aromatic carbocycles. The summed E-state index contributed by atoms with van der Waals surface area (Å²) in [5.74, 6) is -2.03. The number of hydrogen-bond acceptors (Lipinski definition) is 6. The molecule has 1 N–H and O–H groups in total. The first kappa shape index (κ1) is 30.1. The molecule has 3 amide bonds. The number of sulfone groups is 1. The van der Waals surface area contributed by atoms with Crippen LogP contribution in [0.1, 0.15) is 61.8 Å². The number of halogens is 3. The number of hydrogen-bond donors (Lipinski definition) is 1. The van der Waals surface area contributed by atoms with Gasteiger partial charge in [-0.2, -0.15) is 13.2 Å². The van der Waals surface area contributed by atoms with Crippen molar-refractivity contribution in [1.82, 2.24) is 10.2 Å². The Morgan fingerprint density at radius 2 is 1.76 bits per heavy atom. The third kappa shape index (κ3) is 4.40. The van der Waals surface area contributed by atoms with E-state index in [9.17, 15) is 36.0 Å². The normalized spacial score (nSPS) is 26.1. The number of imide groups is 1. The highest BCUT2D eigenvalue weighted by Crippen LogP contribution is 2.59. The standard InChI is InChI=1S/C30H33F3N2O6S/c1-17-5-9-20(10-6-17)42(39,40)29-14-13-24(35-26(37)23(34-27(35)38)16-25(36)41-4)22(29)11-7-18-15-19(8-12-21(18)29)28(2,3)30(31,32)33/h5-6,8-10,12,15,22-24H,7,11,13-14,16H2,1-4H3,(H,34,38)/t22-,23+,24+,29+/m0/s1. The van der Waals surface area contributed by atoms with E-state index >= 15 is 0 Å². The van der Waals surface area contributed by atoms with Crippen LogP contribution in [0.5, 0.6) is 0 Å². The van der Waals surface area contributed by atoms with Gasteiger partial charge in [0.05, 0.1) is 23.8 Å². The fourth-order valence-electron chi connectivity index (χ4n) is 6.86. The highest BCUT2D eigenvalue weighted by atomic mass is 32.2. The Morgan fingerprint density at radius 1 is 1.10 bits per heavy atom. The summed E-state index contributed by atoms with van der Waals surface area (Å²) in [4.78, 5) is 39.4. The Hall–Kier alpha value is -3.41. The zero-order valence-electron chi connectivity index (χ0n) is 23.7. The van der Waals surface area contributed by atoms with Crippen molar-refractivity contribution in [3.63, 3.8) is 0 Å². The second-order valence-corrected chi connectivity index (χ2v) is 14.1. The summed E-state index contributed by atoms with van der Waals surface area (Å²) in [5, 5.41) is 2.52. The quantitative estimate of drug-likeness (QED) is 0.377. The fourth-order valence-corrected chi connectivity index (χ4v) is 9.33. The van der Waals surface area contributed by atoms with Gasteiger partial charge in [-0.3, -0.25) is 14.5 Å². The van der Waals surface area contributed by atoms with E-state index in [1.807, 2.05) is 6.92 Å². The maximum atomic E-state index is 14.6. The van der Waals surface area contributed by atoms with Crippen molar-refractivity contribution in [2.24, 2.45) is 5.92 Å². The van der Waals surface area contributed by atoms with Crippen molar-refractivity contribution >= 4 is 27.7 Å². The van der Waals surface area contributed by atoms with E-state index in [4.69, 9.17) is 0 Å². The Bertz CT molecular complexity index is 1550. The van der Waals surface area contributed by atoms with E-state index in [0.29, 0.717) is 11.1 Å². The predicted molar refractivity (Wildman–Crippen MR) is 146 cm³/mol. The van der Waals surface area contributed by atoms with Crippen molar-refractivity contribution in [3.05, 3.63) is 64.7 Å². The summed E-state index contributed by atoms with van der Waals surface area (Å²) in [6.07, 6.45) is -4.13. The zero-order chi connectivity index (χ0) is 30.8. The molecule has 5 rings (SSSR count). The highest BCUT2D eigenvalue weighted by Gasteiger charge is 2.63. The molecule has 1 saturated heterocycles. The van der Waals surface area contributed by atoms with Gasteiger partial charge in [-0.05, 0) is 75.3 Å². The Morgan fingerprint density at radius 3 is 2.38 bits per heavy atom. The van der Waals surface area contributed by atoms with Gasteiger partial charge in [0.25, 0.3) is 5.91 Å². The first-order valence-electron chi connectivity index (χ1n) is 13.8. The average molecular weight is 607 g/mol. The van der Waals surface area contributed by atoms with Gasteiger partial charge < -0.3 is 10.1 Å². The van der Waals surface area contributed by atoms with Crippen LogP contribution in [-0.2, 0) is 40.7 Å². The fraction of sp³-hybridized carbons (Fsp3) is 0.500. The number of alkyl halides is 3. The van der Waals surface area contributed by atoms with Crippen molar-refractivity contribution in [1.29, 1.82) is 0 Å². The molecule has 4 atom stereocenters. The Kier molecular flexibility index (Phi) is 7.23. The lowest BCUT2D eigenvalue weighted by Gasteiger charge is -2.43. The van der Waals surface area contributed by atoms with Crippen LogP contribution in [0.4, 0.5) is 18.0 Å². The maximum Gasteiger partial charge on any atom is 0.397 e. The third-order valence-electron chi connectivity index (χ3n) is 9.38. The minimum atomic E-state index is -4.52. The molecular weight excluding hydrogens is 573 g/mol. The van der Waals surface area contributed by atoms with E-state index in [-0.39, 0.29) is 42.6 Å². The van der Waals surface area contributed by atoms with Crippen LogP contribution in [-0.4, -0.2) is 56.6 Å². The number of ether oxygens (including phenoxy) is 1. The molecule has 226 valence electrons. The van der Waals surface area contributed by atoms with Crippen LogP contribution in [0.25, 0.3) is 0 Å². The topological polar surface area (TPSA) is 110 Å². The molecule has 2 aliphatic carbocycles. The molecule has 1 heterocycles. The lowest BCUT2D eigenvalue weighted by Crippen LogP contribution is -2.51. The number of amides is 3. The number of methoxy groups -OCH3 is 1. The summed E-state index contributed by atoms with van der Waals surface area (Å²) in [6, 6.07) is 8.04. The number of esters is 1. The van der Waals surface area contributed by atoms with Gasteiger partial charge in [0.2, 0.25) is 0 Å². The van der Waals surface area contributed by atoms with Crippen molar-refractivity contribution < 1.29 is 40.7 Å². The molecule has 1 saturated carbocycles. The number of nitrogens with one attached hydrogen (secondary N) is 1. The molecule has 2 fully saturated rings. The van der Waals surface area contributed by atoms with Crippen LogP contribution < -0.4 is 5.32 Å². The summed E-state index contributed by atoms with van der Waals surface area (Å²) in [6.45, 7) is 4.01. The number of benzene rings is 2. The second kappa shape index (κ2) is 10.1. The van der Waals surface area contributed by atoms with Crippen molar-refractivity contribution in [3.8, 4) is 0 Å². The molecule has 0 radical (unpaired) electrons. The van der Waals surface area contributed by atoms with Gasteiger partial charge >= 0.3 is 18.2 Å². The minimum absolute atomic E-state index is 0.0318. The first-order valence-corrected chi connectivity index (χ1v) is 15.3. The first-order chi connectivity index (χ1) is 19.6. The maximum absolute atomic E-state index is 14.6. The summed E-state index contributed by atoms with van der Waals surface area (Å²) in [5.41, 5.74) is -0.356. The van der Waals surface area contributed by atoms with E-state index in [1.165, 1.54) is 37.4 Å². The number of rotatable bonds is 6. The van der Waals surface area contributed by atoms with E-state index in [2.05, 4.69) is 10.1 Å². The minimum Gasteiger partial charge on any atom is -0.469 e. The molecule has 42 heavy (non-hydrogen) atoms. The second-order valence-electron chi connectivity index (χ2n) is 11.9. The van der Waals surface area contributed by atoms with Gasteiger partial charge in [-0.25, -0.2) is 13.2 Å². The number of aryl methyl sites for hydroxylation is 2. The Labute approximate surface area is 242 Å². The van der Waals surface area contributed by atoms with Gasteiger partial charge in [0, 0.05) is 12.0 Å². The lowest BCUT2D eigenvalue weighted by molar-refractivity contribution is -0.180. The zero-order valence-corrected chi connectivity index (χ0v) is 24.6. The molecule has 0 bridgehead atoms. The number of fused-ring (bicyclic) bond motifs is 3. The lowest BCUT2D eigenvalue weighted by atomic mass is 9.72. The number of urea groups is 1. The number of carbonyl (C=O) groups is 3. The van der Waals surface area contributed by atoms with E-state index in [0.717, 1.165) is 24.3 Å². The predicted octanol–water partition coefficient (Wildman–Crippen LogP) is 4.71. The van der Waals surface area contributed by atoms with Crippen LogP contribution in [0.2, 0.25) is 0 Å². The van der Waals surface area contributed by atoms with Crippen LogP contribution in [0.15, 0.2) is 47.4 Å². The van der Waals surface area contributed by atoms with Gasteiger partial charge in [0.15, 0.2) is 9.84 Å². The molecule has 3 aliphatic rings. The van der Waals surface area contributed by atoms with Gasteiger partial charge in [-0.1, -0.05) is 35.9 Å². The average Bonchev–Trinajstić information content (AvgIpc) is 3.45. The van der Waals surface area contributed by atoms with Crippen molar-refractivity contribution in [2.75, 3.05) is 7.11 Å². The SMILES string of the molecule is COC(=O)C[C@H]1NC(=O)N([C@@H]2CC[C@@]3(S(=O)(=O)c4ccc(C)cc4)c4ccc(C(C)(C)C(F)(F)F)cc4CC[C@@H]23)C1=O. The number of nitrogens with zero attached hydrogens (tertiary/aromatic N) is 1. The van der Waals surface area contributed by atoms with E-state index < -0.39 is 62.1 Å². The summed E-state index contributed by atoms with van der Waals surface area (Å²) < 4.78 is 74.1. The number of carbonyl (C=O) groups excluding carboxylic acids is 3. The molecule has 12 heteroatoms. The molecule has 1 aliphatic heterocycles. The van der Waals surface area contributed by atoms with Crippen LogP contribution in [0.3, 0.4) is 0 Å². The molecule has 2 aromatic rings. The van der Waals surface area contributed by atoms with E-state index in [1.54, 1.807) is 12.1 Å². The highest BCUT2D eigenvalue weighted by molar-refractivity contribution is 7.92.